The highest BCUT2D eigenvalue weighted by molar-refractivity contribution is 5.78. The van der Waals surface area contributed by atoms with Gasteiger partial charge in [-0.25, -0.2) is 0 Å². The Morgan fingerprint density at radius 3 is 2.58 bits per heavy atom. The molecule has 1 N–H and O–H groups in total. The number of ether oxygens (including phenoxy) is 2. The summed E-state index contributed by atoms with van der Waals surface area (Å²) in [7, 11) is 0. The van der Waals surface area contributed by atoms with E-state index in [4.69, 9.17) is 9.47 Å². The van der Waals surface area contributed by atoms with Gasteiger partial charge in [0.1, 0.15) is 6.61 Å². The summed E-state index contributed by atoms with van der Waals surface area (Å²) >= 11 is 0. The largest absolute Gasteiger partial charge is 0.376 e. The Balaban J connectivity index is 1.30. The zero-order valence-corrected chi connectivity index (χ0v) is 15.6. The molecule has 142 valence electrons. The molecule has 4 rings (SSSR count). The van der Waals surface area contributed by atoms with Gasteiger partial charge >= 0.3 is 0 Å². The van der Waals surface area contributed by atoms with Gasteiger partial charge in [-0.1, -0.05) is 43.2 Å². The topological polar surface area (TPSA) is 47.6 Å². The van der Waals surface area contributed by atoms with Crippen LogP contribution in [0.15, 0.2) is 30.3 Å². The van der Waals surface area contributed by atoms with Gasteiger partial charge in [0.05, 0.1) is 12.7 Å². The van der Waals surface area contributed by atoms with Crippen LogP contribution in [0.3, 0.4) is 0 Å². The fourth-order valence-electron chi connectivity index (χ4n) is 5.24. The molecule has 1 saturated heterocycles. The molecule has 26 heavy (non-hydrogen) atoms. The maximum atomic E-state index is 12.5. The van der Waals surface area contributed by atoms with E-state index in [1.165, 1.54) is 37.7 Å². The molecule has 0 bridgehead atoms. The Kier molecular flexibility index (Phi) is 5.91. The zero-order valence-electron chi connectivity index (χ0n) is 15.6. The average molecular weight is 357 g/mol. The molecule has 1 heterocycles. The van der Waals surface area contributed by atoms with Crippen molar-refractivity contribution in [2.45, 2.75) is 63.0 Å². The molecular formula is C22H31NO3. The number of benzene rings is 1. The van der Waals surface area contributed by atoms with Crippen molar-refractivity contribution in [3.8, 4) is 0 Å². The smallest absolute Gasteiger partial charge is 0.246 e. The minimum absolute atomic E-state index is 0.0239. The lowest BCUT2D eigenvalue weighted by atomic mass is 9.53. The summed E-state index contributed by atoms with van der Waals surface area (Å²) in [4.78, 5) is 12.5. The molecule has 3 aliphatic rings. The van der Waals surface area contributed by atoms with Crippen LogP contribution in [0.5, 0.6) is 0 Å². The van der Waals surface area contributed by atoms with E-state index in [2.05, 4.69) is 35.6 Å². The third kappa shape index (κ3) is 3.96. The summed E-state index contributed by atoms with van der Waals surface area (Å²) < 4.78 is 11.3. The van der Waals surface area contributed by atoms with Crippen molar-refractivity contribution in [2.75, 3.05) is 19.8 Å². The first-order chi connectivity index (χ1) is 12.8. The van der Waals surface area contributed by atoms with Gasteiger partial charge in [-0.2, -0.15) is 0 Å². The summed E-state index contributed by atoms with van der Waals surface area (Å²) in [5.41, 5.74) is 1.37. The van der Waals surface area contributed by atoms with Gasteiger partial charge in [-0.3, -0.25) is 4.79 Å². The normalized spacial score (nSPS) is 33.8. The van der Waals surface area contributed by atoms with Gasteiger partial charge in [0.2, 0.25) is 5.91 Å². The van der Waals surface area contributed by atoms with Crippen molar-refractivity contribution >= 4 is 5.91 Å². The molecule has 2 aliphatic carbocycles. The maximum Gasteiger partial charge on any atom is 0.246 e. The lowest BCUT2D eigenvalue weighted by Crippen LogP contribution is -2.59. The van der Waals surface area contributed by atoms with Crippen LogP contribution in [-0.4, -0.2) is 37.9 Å². The number of fused-ring (bicyclic) bond motifs is 1. The molecule has 2 saturated carbocycles. The first-order valence-electron chi connectivity index (χ1n) is 10.4. The highest BCUT2D eigenvalue weighted by Crippen LogP contribution is 2.54. The Morgan fingerprint density at radius 1 is 1.04 bits per heavy atom. The van der Waals surface area contributed by atoms with Gasteiger partial charge in [0.25, 0.3) is 0 Å². The molecule has 0 aromatic heterocycles. The number of hydrogen-bond donors (Lipinski definition) is 1. The maximum absolute atomic E-state index is 12.5. The number of amides is 1. The van der Waals surface area contributed by atoms with Crippen LogP contribution in [0.4, 0.5) is 0 Å². The van der Waals surface area contributed by atoms with E-state index >= 15 is 0 Å². The molecule has 3 unspecified atom stereocenters. The second-order valence-corrected chi connectivity index (χ2v) is 8.15. The molecule has 0 spiro atoms. The third-order valence-corrected chi connectivity index (χ3v) is 6.51. The second kappa shape index (κ2) is 8.53. The summed E-state index contributed by atoms with van der Waals surface area (Å²) in [6, 6.07) is 11.0. The number of rotatable bonds is 6. The number of carbonyl (C=O) groups excluding carboxylic acids is 1. The molecule has 1 aromatic rings. The van der Waals surface area contributed by atoms with Crippen LogP contribution < -0.4 is 5.32 Å². The van der Waals surface area contributed by atoms with Gasteiger partial charge in [0.15, 0.2) is 0 Å². The molecule has 1 amide bonds. The summed E-state index contributed by atoms with van der Waals surface area (Å²) in [5, 5.41) is 3.30. The minimum Gasteiger partial charge on any atom is -0.376 e. The Morgan fingerprint density at radius 2 is 1.81 bits per heavy atom. The number of carbonyl (C=O) groups is 1. The number of nitrogens with one attached hydrogen (secondary N) is 1. The molecule has 5 atom stereocenters. The predicted molar refractivity (Wildman–Crippen MR) is 101 cm³/mol. The molecular weight excluding hydrogens is 326 g/mol. The van der Waals surface area contributed by atoms with E-state index in [1.54, 1.807) is 0 Å². The lowest BCUT2D eigenvalue weighted by Gasteiger charge is -2.55. The minimum atomic E-state index is 0.0239. The van der Waals surface area contributed by atoms with Crippen molar-refractivity contribution in [1.82, 2.24) is 5.32 Å². The number of hydrogen-bond acceptors (Lipinski definition) is 3. The lowest BCUT2D eigenvalue weighted by molar-refractivity contribution is -0.131. The molecule has 4 nitrogen and oxygen atoms in total. The Labute approximate surface area is 156 Å². The first-order valence-corrected chi connectivity index (χ1v) is 10.4. The van der Waals surface area contributed by atoms with Gasteiger partial charge < -0.3 is 14.8 Å². The average Bonchev–Trinajstić information content (AvgIpc) is 2.68. The van der Waals surface area contributed by atoms with Crippen molar-refractivity contribution < 1.29 is 14.3 Å². The van der Waals surface area contributed by atoms with Crippen LogP contribution in [0.2, 0.25) is 0 Å². The van der Waals surface area contributed by atoms with Crippen LogP contribution in [0.1, 0.15) is 56.4 Å². The van der Waals surface area contributed by atoms with Crippen LogP contribution in [0.25, 0.3) is 0 Å². The second-order valence-electron chi connectivity index (χ2n) is 8.15. The van der Waals surface area contributed by atoms with E-state index < -0.39 is 0 Å². The van der Waals surface area contributed by atoms with E-state index in [0.717, 1.165) is 25.4 Å². The van der Waals surface area contributed by atoms with E-state index in [9.17, 15) is 4.79 Å². The molecule has 1 aliphatic heterocycles. The molecule has 1 aromatic carbocycles. The van der Waals surface area contributed by atoms with E-state index in [-0.39, 0.29) is 24.7 Å². The third-order valence-electron chi connectivity index (χ3n) is 6.51. The van der Waals surface area contributed by atoms with Crippen molar-refractivity contribution in [3.63, 3.8) is 0 Å². The van der Waals surface area contributed by atoms with Crippen molar-refractivity contribution in [1.29, 1.82) is 0 Å². The molecule has 4 heteroatoms. The van der Waals surface area contributed by atoms with E-state index in [0.29, 0.717) is 18.4 Å². The van der Waals surface area contributed by atoms with Crippen LogP contribution >= 0.6 is 0 Å². The first kappa shape index (κ1) is 18.0. The highest BCUT2D eigenvalue weighted by Gasteiger charge is 2.51. The molecule has 0 radical (unpaired) electrons. The highest BCUT2D eigenvalue weighted by atomic mass is 16.5. The Hall–Kier alpha value is -1.39. The summed E-state index contributed by atoms with van der Waals surface area (Å²) in [6.45, 7) is 1.51. The van der Waals surface area contributed by atoms with Gasteiger partial charge in [-0.15, -0.1) is 0 Å². The summed E-state index contributed by atoms with van der Waals surface area (Å²) in [5.74, 6) is 1.86. The summed E-state index contributed by atoms with van der Waals surface area (Å²) in [6.07, 6.45) is 8.72. The standard InChI is InChI=1S/C22H31NO3/c24-20(15-25-14-17-10-6-7-13-26-17)23-22-19-12-5-4-11-18(19)21(22)16-8-2-1-3-9-16/h1-3,8-9,17-19,21-22H,4-7,10-15H2,(H,23,24)/t17?,18?,19?,21-,22-/m0/s1. The quantitative estimate of drug-likeness (QED) is 0.845. The predicted octanol–water partition coefficient (Wildman–Crippen LogP) is 3.66. The van der Waals surface area contributed by atoms with Crippen LogP contribution in [-0.2, 0) is 14.3 Å². The SMILES string of the molecule is O=C(COCC1CCCCO1)N[C@H]1C2CCCCC2[C@@H]1c1ccccc1. The zero-order chi connectivity index (χ0) is 17.8. The van der Waals surface area contributed by atoms with Crippen LogP contribution in [0, 0.1) is 11.8 Å². The van der Waals surface area contributed by atoms with Gasteiger partial charge in [0, 0.05) is 18.6 Å². The van der Waals surface area contributed by atoms with Crippen molar-refractivity contribution in [2.24, 2.45) is 11.8 Å². The van der Waals surface area contributed by atoms with Crippen molar-refractivity contribution in [3.05, 3.63) is 35.9 Å². The monoisotopic (exact) mass is 357 g/mol. The molecule has 3 fully saturated rings. The fraction of sp³-hybridized carbons (Fsp3) is 0.682. The Bertz CT molecular complexity index is 584. The fourth-order valence-corrected chi connectivity index (χ4v) is 5.24. The van der Waals surface area contributed by atoms with Gasteiger partial charge in [-0.05, 0) is 49.5 Å². The van der Waals surface area contributed by atoms with E-state index in [1.807, 2.05) is 0 Å².